The van der Waals surface area contributed by atoms with Gasteiger partial charge in [-0.15, -0.1) is 0 Å². The topological polar surface area (TPSA) is 33.3 Å². The van der Waals surface area contributed by atoms with Crippen molar-refractivity contribution >= 4 is 0 Å². The van der Waals surface area contributed by atoms with Crippen LogP contribution >= 0.6 is 0 Å². The fourth-order valence-corrected chi connectivity index (χ4v) is 2.82. The lowest BCUT2D eigenvalue weighted by atomic mass is 9.88. The summed E-state index contributed by atoms with van der Waals surface area (Å²) in [5.74, 6) is 0. The molecule has 0 aliphatic carbocycles. The number of hydrogen-bond donors (Lipinski definition) is 2. The van der Waals surface area contributed by atoms with Crippen LogP contribution in [0.15, 0.2) is 30.3 Å². The van der Waals surface area contributed by atoms with Gasteiger partial charge in [-0.25, -0.2) is 0 Å². The highest BCUT2D eigenvalue weighted by molar-refractivity contribution is 5.19. The van der Waals surface area contributed by atoms with E-state index >= 15 is 0 Å². The second-order valence-electron chi connectivity index (χ2n) is 6.21. The largest absolute Gasteiger partial charge is 0.381 e. The van der Waals surface area contributed by atoms with Gasteiger partial charge in [-0.05, 0) is 25.3 Å². The molecule has 0 saturated carbocycles. The zero-order valence-electron chi connectivity index (χ0n) is 13.0. The number of rotatable bonds is 6. The number of ether oxygens (including phenoxy) is 1. The fraction of sp³-hybridized carbons (Fsp3) is 0.647. The minimum Gasteiger partial charge on any atom is -0.381 e. The summed E-state index contributed by atoms with van der Waals surface area (Å²) in [6.07, 6.45) is 2.15. The smallest absolute Gasteiger partial charge is 0.0484 e. The molecule has 1 saturated heterocycles. The first-order chi connectivity index (χ1) is 9.61. The fourth-order valence-electron chi connectivity index (χ4n) is 2.82. The van der Waals surface area contributed by atoms with Crippen molar-refractivity contribution in [3.05, 3.63) is 35.9 Å². The molecule has 1 fully saturated rings. The van der Waals surface area contributed by atoms with Crippen LogP contribution in [0, 0.1) is 0 Å². The lowest BCUT2D eigenvalue weighted by molar-refractivity contribution is 0.0331. The molecule has 20 heavy (non-hydrogen) atoms. The molecule has 1 heterocycles. The Morgan fingerprint density at radius 2 is 1.75 bits per heavy atom. The van der Waals surface area contributed by atoms with Crippen LogP contribution in [0.2, 0.25) is 0 Å². The molecule has 112 valence electrons. The van der Waals surface area contributed by atoms with E-state index in [-0.39, 0.29) is 5.54 Å². The van der Waals surface area contributed by atoms with E-state index in [1.807, 2.05) is 0 Å². The van der Waals surface area contributed by atoms with E-state index in [0.29, 0.717) is 12.1 Å². The third kappa shape index (κ3) is 4.30. The Kier molecular flexibility index (Phi) is 5.58. The summed E-state index contributed by atoms with van der Waals surface area (Å²) < 4.78 is 5.55. The number of nitrogens with one attached hydrogen (secondary N) is 2. The van der Waals surface area contributed by atoms with Gasteiger partial charge in [0.1, 0.15) is 0 Å². The molecule has 0 aromatic heterocycles. The van der Waals surface area contributed by atoms with Gasteiger partial charge in [-0.3, -0.25) is 0 Å². The average Bonchev–Trinajstić information content (AvgIpc) is 2.47. The van der Waals surface area contributed by atoms with Gasteiger partial charge in [-0.1, -0.05) is 44.2 Å². The molecule has 2 N–H and O–H groups in total. The van der Waals surface area contributed by atoms with Gasteiger partial charge < -0.3 is 15.4 Å². The van der Waals surface area contributed by atoms with Crippen LogP contribution in [0.1, 0.15) is 45.2 Å². The summed E-state index contributed by atoms with van der Waals surface area (Å²) in [7, 11) is 0. The van der Waals surface area contributed by atoms with E-state index in [2.05, 4.69) is 61.7 Å². The normalized spacial score (nSPS) is 20.0. The minimum absolute atomic E-state index is 0.151. The summed E-state index contributed by atoms with van der Waals surface area (Å²) in [5, 5.41) is 7.46. The molecular weight excluding hydrogens is 248 g/mol. The van der Waals surface area contributed by atoms with Gasteiger partial charge in [0.15, 0.2) is 0 Å². The SMILES string of the molecule is CC(C)NCC1(N[C@@H](C)c2ccccc2)CCOCC1. The second kappa shape index (κ2) is 7.21. The number of benzene rings is 1. The van der Waals surface area contributed by atoms with Crippen molar-refractivity contribution in [2.45, 2.75) is 51.2 Å². The highest BCUT2D eigenvalue weighted by Gasteiger charge is 2.33. The van der Waals surface area contributed by atoms with Crippen LogP contribution in [0.4, 0.5) is 0 Å². The summed E-state index contributed by atoms with van der Waals surface area (Å²) >= 11 is 0. The zero-order chi connectivity index (χ0) is 14.4. The Morgan fingerprint density at radius 3 is 2.35 bits per heavy atom. The Hall–Kier alpha value is -0.900. The van der Waals surface area contributed by atoms with E-state index < -0.39 is 0 Å². The van der Waals surface area contributed by atoms with E-state index in [0.717, 1.165) is 32.6 Å². The highest BCUT2D eigenvalue weighted by atomic mass is 16.5. The molecule has 1 aromatic rings. The molecule has 0 bridgehead atoms. The predicted molar refractivity (Wildman–Crippen MR) is 83.9 cm³/mol. The molecule has 2 rings (SSSR count). The lowest BCUT2D eigenvalue weighted by Gasteiger charge is -2.41. The van der Waals surface area contributed by atoms with Crippen molar-refractivity contribution in [2.75, 3.05) is 19.8 Å². The molecule has 1 aliphatic heterocycles. The first-order valence-corrected chi connectivity index (χ1v) is 7.75. The summed E-state index contributed by atoms with van der Waals surface area (Å²) in [6.45, 7) is 9.37. The molecule has 0 radical (unpaired) electrons. The Labute approximate surface area is 123 Å². The van der Waals surface area contributed by atoms with Crippen molar-refractivity contribution in [3.8, 4) is 0 Å². The summed E-state index contributed by atoms with van der Waals surface area (Å²) in [6, 6.07) is 11.6. The first-order valence-electron chi connectivity index (χ1n) is 7.75. The van der Waals surface area contributed by atoms with Crippen LogP contribution in [-0.2, 0) is 4.74 Å². The van der Waals surface area contributed by atoms with Crippen molar-refractivity contribution < 1.29 is 4.74 Å². The molecule has 1 atom stereocenters. The Balaban J connectivity index is 2.03. The molecule has 3 nitrogen and oxygen atoms in total. The van der Waals surface area contributed by atoms with E-state index in [9.17, 15) is 0 Å². The van der Waals surface area contributed by atoms with Gasteiger partial charge in [0, 0.05) is 37.4 Å². The van der Waals surface area contributed by atoms with Gasteiger partial charge in [0.05, 0.1) is 0 Å². The maximum Gasteiger partial charge on any atom is 0.0484 e. The molecule has 0 amide bonds. The molecular formula is C17H28N2O. The van der Waals surface area contributed by atoms with Crippen LogP contribution in [0.5, 0.6) is 0 Å². The average molecular weight is 276 g/mol. The summed E-state index contributed by atoms with van der Waals surface area (Å²) in [4.78, 5) is 0. The van der Waals surface area contributed by atoms with Crippen LogP contribution in [-0.4, -0.2) is 31.3 Å². The highest BCUT2D eigenvalue weighted by Crippen LogP contribution is 2.25. The van der Waals surface area contributed by atoms with Crippen LogP contribution < -0.4 is 10.6 Å². The van der Waals surface area contributed by atoms with Gasteiger partial charge >= 0.3 is 0 Å². The monoisotopic (exact) mass is 276 g/mol. The van der Waals surface area contributed by atoms with Crippen molar-refractivity contribution in [1.82, 2.24) is 10.6 Å². The van der Waals surface area contributed by atoms with Crippen molar-refractivity contribution in [2.24, 2.45) is 0 Å². The van der Waals surface area contributed by atoms with Gasteiger partial charge in [0.25, 0.3) is 0 Å². The van der Waals surface area contributed by atoms with Crippen molar-refractivity contribution in [1.29, 1.82) is 0 Å². The van der Waals surface area contributed by atoms with Gasteiger partial charge in [-0.2, -0.15) is 0 Å². The first kappa shape index (κ1) is 15.5. The van der Waals surface area contributed by atoms with Crippen LogP contribution in [0.25, 0.3) is 0 Å². The predicted octanol–water partition coefficient (Wildman–Crippen LogP) is 2.88. The molecule has 1 aliphatic rings. The van der Waals surface area contributed by atoms with Gasteiger partial charge in [0.2, 0.25) is 0 Å². The van der Waals surface area contributed by atoms with Crippen LogP contribution in [0.3, 0.4) is 0 Å². The third-order valence-corrected chi connectivity index (χ3v) is 4.12. The quantitative estimate of drug-likeness (QED) is 0.838. The Morgan fingerprint density at radius 1 is 1.10 bits per heavy atom. The molecule has 1 aromatic carbocycles. The molecule has 0 spiro atoms. The standard InChI is InChI=1S/C17H28N2O/c1-14(2)18-13-17(9-11-20-12-10-17)19-15(3)16-7-5-4-6-8-16/h4-8,14-15,18-19H,9-13H2,1-3H3/t15-/m0/s1. The van der Waals surface area contributed by atoms with E-state index in [4.69, 9.17) is 4.74 Å². The third-order valence-electron chi connectivity index (χ3n) is 4.12. The maximum atomic E-state index is 5.55. The molecule has 0 unspecified atom stereocenters. The minimum atomic E-state index is 0.151. The van der Waals surface area contributed by atoms with E-state index in [1.54, 1.807) is 0 Å². The Bertz CT molecular complexity index is 385. The molecule has 3 heteroatoms. The maximum absolute atomic E-state index is 5.55. The second-order valence-corrected chi connectivity index (χ2v) is 6.21. The lowest BCUT2D eigenvalue weighted by Crippen LogP contribution is -2.57. The summed E-state index contributed by atoms with van der Waals surface area (Å²) in [5.41, 5.74) is 1.50. The number of hydrogen-bond acceptors (Lipinski definition) is 3. The zero-order valence-corrected chi connectivity index (χ0v) is 13.0. The van der Waals surface area contributed by atoms with Crippen molar-refractivity contribution in [3.63, 3.8) is 0 Å². The van der Waals surface area contributed by atoms with E-state index in [1.165, 1.54) is 5.56 Å².